The molecule has 1 aliphatic heterocycles. The van der Waals surface area contributed by atoms with Gasteiger partial charge in [0.25, 0.3) is 0 Å². The van der Waals surface area contributed by atoms with Crippen molar-refractivity contribution < 1.29 is 14.1 Å². The first-order valence-electron chi connectivity index (χ1n) is 8.27. The highest BCUT2D eigenvalue weighted by Gasteiger charge is 2.25. The first-order valence-corrected chi connectivity index (χ1v) is 8.27. The van der Waals surface area contributed by atoms with Gasteiger partial charge in [0.2, 0.25) is 11.8 Å². The van der Waals surface area contributed by atoms with Gasteiger partial charge in [0.1, 0.15) is 5.76 Å². The third kappa shape index (κ3) is 5.04. The topological polar surface area (TPSA) is 81.9 Å². The first kappa shape index (κ1) is 18.4. The maximum Gasteiger partial charge on any atom is 0.242 e. The molecule has 0 radical (unpaired) electrons. The summed E-state index contributed by atoms with van der Waals surface area (Å²) < 4.78 is 4.96. The second-order valence-electron chi connectivity index (χ2n) is 6.44. The fourth-order valence-electron chi connectivity index (χ4n) is 2.69. The maximum absolute atomic E-state index is 12.4. The van der Waals surface area contributed by atoms with Crippen LogP contribution in [0.3, 0.4) is 0 Å². The van der Waals surface area contributed by atoms with Gasteiger partial charge in [-0.1, -0.05) is 5.16 Å². The molecule has 0 bridgehead atoms. The van der Waals surface area contributed by atoms with E-state index < -0.39 is 0 Å². The molecular weight excluding hydrogens is 310 g/mol. The Labute approximate surface area is 142 Å². The van der Waals surface area contributed by atoms with E-state index in [0.717, 1.165) is 32.6 Å². The smallest absolute Gasteiger partial charge is 0.242 e. The highest BCUT2D eigenvalue weighted by Crippen LogP contribution is 2.11. The van der Waals surface area contributed by atoms with E-state index in [1.807, 2.05) is 6.92 Å². The first-order chi connectivity index (χ1) is 11.4. The van der Waals surface area contributed by atoms with Crippen LogP contribution in [0.4, 0.5) is 5.82 Å². The SMILES string of the molecule is Cc1cc(NC(=O)C(C)N2CCCN(CC(=O)N(C)C)CC2)no1. The highest BCUT2D eigenvalue weighted by atomic mass is 16.5. The molecule has 1 N–H and O–H groups in total. The van der Waals surface area contributed by atoms with E-state index in [4.69, 9.17) is 4.52 Å². The van der Waals surface area contributed by atoms with Crippen LogP contribution in [0.15, 0.2) is 10.6 Å². The molecule has 134 valence electrons. The van der Waals surface area contributed by atoms with Crippen molar-refractivity contribution in [2.75, 3.05) is 52.1 Å². The van der Waals surface area contributed by atoms with Crippen molar-refractivity contribution in [1.82, 2.24) is 19.9 Å². The number of carbonyl (C=O) groups excluding carboxylic acids is 2. The minimum atomic E-state index is -0.258. The van der Waals surface area contributed by atoms with Crippen molar-refractivity contribution >= 4 is 17.6 Å². The van der Waals surface area contributed by atoms with Crippen LogP contribution in [0, 0.1) is 6.92 Å². The molecule has 1 atom stereocenters. The number of nitrogens with zero attached hydrogens (tertiary/aromatic N) is 4. The van der Waals surface area contributed by atoms with Crippen LogP contribution in [0.25, 0.3) is 0 Å². The van der Waals surface area contributed by atoms with Crippen molar-refractivity contribution in [3.63, 3.8) is 0 Å². The molecular formula is C16H27N5O3. The molecule has 2 amide bonds. The Hall–Kier alpha value is -1.93. The van der Waals surface area contributed by atoms with Gasteiger partial charge < -0.3 is 14.7 Å². The molecule has 0 saturated carbocycles. The Morgan fingerprint density at radius 3 is 2.71 bits per heavy atom. The van der Waals surface area contributed by atoms with Crippen LogP contribution in [-0.4, -0.2) is 84.5 Å². The number of nitrogens with one attached hydrogen (secondary N) is 1. The predicted molar refractivity (Wildman–Crippen MR) is 90.7 cm³/mol. The number of hydrogen-bond acceptors (Lipinski definition) is 6. The normalized spacial score (nSPS) is 18.0. The highest BCUT2D eigenvalue weighted by molar-refractivity contribution is 5.93. The summed E-state index contributed by atoms with van der Waals surface area (Å²) in [5.74, 6) is 1.11. The fourth-order valence-corrected chi connectivity index (χ4v) is 2.69. The summed E-state index contributed by atoms with van der Waals surface area (Å²) in [6.45, 7) is 7.34. The minimum Gasteiger partial charge on any atom is -0.360 e. The van der Waals surface area contributed by atoms with Crippen LogP contribution >= 0.6 is 0 Å². The quantitative estimate of drug-likeness (QED) is 0.838. The summed E-state index contributed by atoms with van der Waals surface area (Å²) in [6, 6.07) is 1.44. The van der Waals surface area contributed by atoms with Crippen LogP contribution in [0.2, 0.25) is 0 Å². The molecule has 1 aromatic heterocycles. The molecule has 1 saturated heterocycles. The maximum atomic E-state index is 12.4. The van der Waals surface area contributed by atoms with Crippen LogP contribution in [0.5, 0.6) is 0 Å². The van der Waals surface area contributed by atoms with Gasteiger partial charge in [0, 0.05) is 39.8 Å². The number of amides is 2. The number of rotatable bonds is 5. The average Bonchev–Trinajstić information content (AvgIpc) is 2.80. The van der Waals surface area contributed by atoms with E-state index in [2.05, 4.69) is 20.3 Å². The zero-order valence-electron chi connectivity index (χ0n) is 14.9. The molecule has 1 aliphatic rings. The molecule has 0 aliphatic carbocycles. The summed E-state index contributed by atoms with van der Waals surface area (Å²) in [7, 11) is 3.54. The third-order valence-corrected chi connectivity index (χ3v) is 4.29. The van der Waals surface area contributed by atoms with Crippen LogP contribution in [0.1, 0.15) is 19.1 Å². The molecule has 2 rings (SSSR count). The predicted octanol–water partition coefficient (Wildman–Crippen LogP) is 0.406. The number of likely N-dealkylation sites (N-methyl/N-ethyl adjacent to an activating group) is 1. The Morgan fingerprint density at radius 2 is 2.08 bits per heavy atom. The number of aryl methyl sites for hydroxylation is 1. The molecule has 0 aromatic carbocycles. The Balaban J connectivity index is 1.85. The molecule has 8 nitrogen and oxygen atoms in total. The lowest BCUT2D eigenvalue weighted by atomic mass is 10.2. The summed E-state index contributed by atoms with van der Waals surface area (Å²) in [5.41, 5.74) is 0. The van der Waals surface area contributed by atoms with Crippen molar-refractivity contribution in [2.45, 2.75) is 26.3 Å². The summed E-state index contributed by atoms with van der Waals surface area (Å²) in [4.78, 5) is 30.1. The summed E-state index contributed by atoms with van der Waals surface area (Å²) in [5, 5.41) is 6.57. The second kappa shape index (κ2) is 8.25. The number of hydrogen-bond donors (Lipinski definition) is 1. The van der Waals surface area contributed by atoms with E-state index in [1.165, 1.54) is 0 Å². The van der Waals surface area contributed by atoms with E-state index in [-0.39, 0.29) is 17.9 Å². The molecule has 8 heteroatoms. The van der Waals surface area contributed by atoms with Crippen LogP contribution in [-0.2, 0) is 9.59 Å². The lowest BCUT2D eigenvalue weighted by Crippen LogP contribution is -2.44. The van der Waals surface area contributed by atoms with Gasteiger partial charge >= 0.3 is 0 Å². The zero-order chi connectivity index (χ0) is 17.7. The largest absolute Gasteiger partial charge is 0.360 e. The average molecular weight is 337 g/mol. The standard InChI is InChI=1S/C16H27N5O3/c1-12-10-14(18-24-12)17-16(23)13(2)21-7-5-6-20(8-9-21)11-15(22)19(3)4/h10,13H,5-9,11H2,1-4H3,(H,17,18,23). The van der Waals surface area contributed by atoms with Gasteiger partial charge in [-0.3, -0.25) is 19.4 Å². The van der Waals surface area contributed by atoms with E-state index in [1.54, 1.807) is 32.0 Å². The molecule has 1 unspecified atom stereocenters. The van der Waals surface area contributed by atoms with Crippen molar-refractivity contribution in [2.24, 2.45) is 0 Å². The summed E-state index contributed by atoms with van der Waals surface area (Å²) >= 11 is 0. The van der Waals surface area contributed by atoms with Gasteiger partial charge in [0.05, 0.1) is 12.6 Å². The second-order valence-corrected chi connectivity index (χ2v) is 6.44. The van der Waals surface area contributed by atoms with E-state index >= 15 is 0 Å². The monoisotopic (exact) mass is 337 g/mol. The van der Waals surface area contributed by atoms with Crippen molar-refractivity contribution in [1.29, 1.82) is 0 Å². The van der Waals surface area contributed by atoms with Gasteiger partial charge in [-0.2, -0.15) is 0 Å². The zero-order valence-corrected chi connectivity index (χ0v) is 14.9. The van der Waals surface area contributed by atoms with Gasteiger partial charge in [-0.15, -0.1) is 0 Å². The molecule has 2 heterocycles. The van der Waals surface area contributed by atoms with E-state index in [0.29, 0.717) is 18.1 Å². The van der Waals surface area contributed by atoms with E-state index in [9.17, 15) is 9.59 Å². The number of aromatic nitrogens is 1. The number of anilines is 1. The summed E-state index contributed by atoms with van der Waals surface area (Å²) in [6.07, 6.45) is 0.932. The van der Waals surface area contributed by atoms with Crippen molar-refractivity contribution in [3.8, 4) is 0 Å². The van der Waals surface area contributed by atoms with Gasteiger partial charge in [-0.25, -0.2) is 0 Å². The minimum absolute atomic E-state index is 0.0962. The molecule has 24 heavy (non-hydrogen) atoms. The molecule has 1 aromatic rings. The molecule has 0 spiro atoms. The number of carbonyl (C=O) groups is 2. The van der Waals surface area contributed by atoms with Gasteiger partial charge in [-0.05, 0) is 26.8 Å². The lowest BCUT2D eigenvalue weighted by molar-refractivity contribution is -0.130. The lowest BCUT2D eigenvalue weighted by Gasteiger charge is -2.26. The molecule has 1 fully saturated rings. The third-order valence-electron chi connectivity index (χ3n) is 4.29. The van der Waals surface area contributed by atoms with Crippen molar-refractivity contribution in [3.05, 3.63) is 11.8 Å². The van der Waals surface area contributed by atoms with Crippen LogP contribution < -0.4 is 5.32 Å². The Morgan fingerprint density at radius 1 is 1.33 bits per heavy atom. The fraction of sp³-hybridized carbons (Fsp3) is 0.688. The van der Waals surface area contributed by atoms with Gasteiger partial charge in [0.15, 0.2) is 5.82 Å². The Bertz CT molecular complexity index is 572. The Kier molecular flexibility index (Phi) is 6.33.